The molecule has 140 valence electrons. The summed E-state index contributed by atoms with van der Waals surface area (Å²) in [5.41, 5.74) is -0.402. The van der Waals surface area contributed by atoms with Gasteiger partial charge in [0.05, 0.1) is 0 Å². The van der Waals surface area contributed by atoms with Gasteiger partial charge in [0.1, 0.15) is 18.7 Å². The summed E-state index contributed by atoms with van der Waals surface area (Å²) >= 11 is 12.1. The number of imide groups is 1. The first-order chi connectivity index (χ1) is 12.3. The summed E-state index contributed by atoms with van der Waals surface area (Å²) in [6.07, 6.45) is 3.38. The number of carbonyl (C=O) groups is 3. The fraction of sp³-hybridized carbons (Fsp3) is 0.500. The van der Waals surface area contributed by atoms with Crippen LogP contribution in [0.2, 0.25) is 10.0 Å². The zero-order valence-corrected chi connectivity index (χ0v) is 15.9. The van der Waals surface area contributed by atoms with E-state index in [1.807, 2.05) is 6.92 Å². The lowest BCUT2D eigenvalue weighted by Gasteiger charge is -2.36. The van der Waals surface area contributed by atoms with E-state index in [9.17, 15) is 14.4 Å². The Morgan fingerprint density at radius 1 is 1.31 bits per heavy atom. The number of esters is 1. The molecule has 0 unspecified atom stereocenters. The summed E-state index contributed by atoms with van der Waals surface area (Å²) in [6.45, 7) is 1.41. The number of hydrogen-bond acceptors (Lipinski definition) is 4. The molecule has 3 amide bonds. The fourth-order valence-corrected chi connectivity index (χ4v) is 4.14. The first-order valence-corrected chi connectivity index (χ1v) is 9.33. The number of rotatable bonds is 4. The number of urea groups is 1. The van der Waals surface area contributed by atoms with Gasteiger partial charge in [-0.15, -0.1) is 0 Å². The molecule has 1 spiro atoms. The SMILES string of the molecule is C[C@H]1CCCC[C@]12NC(=O)N(CC(=O)OCc1c(Cl)cccc1Cl)C2=O. The second-order valence-electron chi connectivity index (χ2n) is 6.80. The van der Waals surface area contributed by atoms with Crippen LogP contribution in [0.3, 0.4) is 0 Å². The van der Waals surface area contributed by atoms with E-state index >= 15 is 0 Å². The molecule has 0 bridgehead atoms. The Morgan fingerprint density at radius 2 is 2.00 bits per heavy atom. The van der Waals surface area contributed by atoms with Crippen LogP contribution in [0, 0.1) is 5.92 Å². The highest BCUT2D eigenvalue weighted by molar-refractivity contribution is 6.35. The van der Waals surface area contributed by atoms with Crippen molar-refractivity contribution in [2.45, 2.75) is 44.8 Å². The lowest BCUT2D eigenvalue weighted by molar-refractivity contribution is -0.149. The third kappa shape index (κ3) is 3.40. The minimum absolute atomic E-state index is 0.0376. The predicted octanol–water partition coefficient (Wildman–Crippen LogP) is 3.54. The molecule has 2 fully saturated rings. The standard InChI is InChI=1S/C18H20Cl2N2O4/c1-11-5-2-3-8-18(11)16(24)22(17(25)21-18)9-15(23)26-10-12-13(19)6-4-7-14(12)20/h4,6-7,11H,2-3,5,8-10H2,1H3,(H,21,25)/t11-,18-/m0/s1. The highest BCUT2D eigenvalue weighted by Gasteiger charge is 2.55. The molecule has 1 aliphatic heterocycles. The number of benzene rings is 1. The second-order valence-corrected chi connectivity index (χ2v) is 7.61. The van der Waals surface area contributed by atoms with Crippen LogP contribution in [0.1, 0.15) is 38.2 Å². The number of ether oxygens (including phenoxy) is 1. The molecular formula is C18H20Cl2N2O4. The lowest BCUT2D eigenvalue weighted by atomic mass is 9.73. The Bertz CT molecular complexity index is 734. The van der Waals surface area contributed by atoms with E-state index < -0.39 is 24.1 Å². The third-order valence-corrected chi connectivity index (χ3v) is 5.94. The van der Waals surface area contributed by atoms with Gasteiger partial charge in [-0.1, -0.05) is 49.0 Å². The monoisotopic (exact) mass is 398 g/mol. The first-order valence-electron chi connectivity index (χ1n) is 8.58. The summed E-state index contributed by atoms with van der Waals surface area (Å²) < 4.78 is 5.17. The molecule has 1 heterocycles. The molecule has 1 aliphatic carbocycles. The van der Waals surface area contributed by atoms with Crippen molar-refractivity contribution in [1.82, 2.24) is 10.2 Å². The Morgan fingerprint density at radius 3 is 2.65 bits per heavy atom. The van der Waals surface area contributed by atoms with Crippen LogP contribution in [0.5, 0.6) is 0 Å². The van der Waals surface area contributed by atoms with Crippen LogP contribution in [-0.4, -0.2) is 34.9 Å². The highest BCUT2D eigenvalue weighted by Crippen LogP contribution is 2.38. The average molecular weight is 399 g/mol. The second kappa shape index (κ2) is 7.45. The van der Waals surface area contributed by atoms with Crippen molar-refractivity contribution >= 4 is 41.1 Å². The molecule has 1 aromatic rings. The molecule has 0 radical (unpaired) electrons. The highest BCUT2D eigenvalue weighted by atomic mass is 35.5. The van der Waals surface area contributed by atoms with Crippen LogP contribution in [-0.2, 0) is 20.9 Å². The predicted molar refractivity (Wildman–Crippen MR) is 96.9 cm³/mol. The van der Waals surface area contributed by atoms with E-state index in [-0.39, 0.29) is 18.4 Å². The van der Waals surface area contributed by atoms with Crippen molar-refractivity contribution in [3.8, 4) is 0 Å². The zero-order valence-electron chi connectivity index (χ0n) is 14.4. The minimum Gasteiger partial charge on any atom is -0.459 e. The molecule has 2 aliphatic rings. The summed E-state index contributed by atoms with van der Waals surface area (Å²) in [4.78, 5) is 38.2. The van der Waals surface area contributed by atoms with E-state index in [4.69, 9.17) is 27.9 Å². The van der Waals surface area contributed by atoms with Crippen LogP contribution in [0.4, 0.5) is 4.79 Å². The maximum Gasteiger partial charge on any atom is 0.326 e. The van der Waals surface area contributed by atoms with Crippen LogP contribution in [0.15, 0.2) is 18.2 Å². The van der Waals surface area contributed by atoms with E-state index in [1.54, 1.807) is 18.2 Å². The van der Waals surface area contributed by atoms with Gasteiger partial charge in [-0.05, 0) is 30.9 Å². The van der Waals surface area contributed by atoms with Crippen molar-refractivity contribution in [3.63, 3.8) is 0 Å². The Balaban J connectivity index is 1.64. The van der Waals surface area contributed by atoms with Gasteiger partial charge in [0.25, 0.3) is 5.91 Å². The molecule has 8 heteroatoms. The fourth-order valence-electron chi connectivity index (χ4n) is 3.64. The van der Waals surface area contributed by atoms with Crippen LogP contribution < -0.4 is 5.32 Å². The first kappa shape index (κ1) is 19.0. The number of nitrogens with one attached hydrogen (secondary N) is 1. The molecule has 2 atom stereocenters. The van der Waals surface area contributed by atoms with Gasteiger partial charge < -0.3 is 10.1 Å². The zero-order chi connectivity index (χ0) is 18.9. The number of halogens is 2. The smallest absolute Gasteiger partial charge is 0.326 e. The van der Waals surface area contributed by atoms with Crippen molar-refractivity contribution in [3.05, 3.63) is 33.8 Å². The summed E-state index contributed by atoms with van der Waals surface area (Å²) in [5.74, 6) is -0.997. The number of carbonyl (C=O) groups excluding carboxylic acids is 3. The quantitative estimate of drug-likeness (QED) is 0.621. The average Bonchev–Trinajstić information content (AvgIpc) is 2.82. The van der Waals surface area contributed by atoms with Gasteiger partial charge in [-0.3, -0.25) is 14.5 Å². The normalized spacial score (nSPS) is 25.5. The van der Waals surface area contributed by atoms with Gasteiger partial charge >= 0.3 is 12.0 Å². The van der Waals surface area contributed by atoms with Gasteiger partial charge in [0, 0.05) is 15.6 Å². The molecule has 1 saturated carbocycles. The lowest BCUT2D eigenvalue weighted by Crippen LogP contribution is -2.54. The summed E-state index contributed by atoms with van der Waals surface area (Å²) in [7, 11) is 0. The number of hydrogen-bond donors (Lipinski definition) is 1. The Hall–Kier alpha value is -1.79. The van der Waals surface area contributed by atoms with Crippen molar-refractivity contribution in [2.24, 2.45) is 5.92 Å². The molecule has 26 heavy (non-hydrogen) atoms. The van der Waals surface area contributed by atoms with E-state index in [0.29, 0.717) is 22.0 Å². The van der Waals surface area contributed by atoms with Gasteiger partial charge in [-0.25, -0.2) is 4.79 Å². The Kier molecular flexibility index (Phi) is 5.44. The van der Waals surface area contributed by atoms with Crippen LogP contribution in [0.25, 0.3) is 0 Å². The molecule has 1 aromatic carbocycles. The topological polar surface area (TPSA) is 75.7 Å². The number of amides is 3. The maximum absolute atomic E-state index is 12.8. The molecular weight excluding hydrogens is 379 g/mol. The van der Waals surface area contributed by atoms with Crippen molar-refractivity contribution in [2.75, 3.05) is 6.54 Å². The van der Waals surface area contributed by atoms with Crippen molar-refractivity contribution in [1.29, 1.82) is 0 Å². The molecule has 6 nitrogen and oxygen atoms in total. The van der Waals surface area contributed by atoms with Crippen molar-refractivity contribution < 1.29 is 19.1 Å². The maximum atomic E-state index is 12.8. The van der Waals surface area contributed by atoms with Gasteiger partial charge in [0.15, 0.2) is 0 Å². The number of nitrogens with zero attached hydrogens (tertiary/aromatic N) is 1. The van der Waals surface area contributed by atoms with E-state index in [1.165, 1.54) is 0 Å². The molecule has 1 saturated heterocycles. The van der Waals surface area contributed by atoms with E-state index in [0.717, 1.165) is 24.2 Å². The minimum atomic E-state index is -0.887. The molecule has 3 rings (SSSR count). The van der Waals surface area contributed by atoms with Crippen LogP contribution >= 0.6 is 23.2 Å². The van der Waals surface area contributed by atoms with Gasteiger partial charge in [0.2, 0.25) is 0 Å². The summed E-state index contributed by atoms with van der Waals surface area (Å²) in [5, 5.41) is 3.57. The van der Waals surface area contributed by atoms with Gasteiger partial charge in [-0.2, -0.15) is 0 Å². The summed E-state index contributed by atoms with van der Waals surface area (Å²) in [6, 6.07) is 4.43. The third-order valence-electron chi connectivity index (χ3n) is 5.23. The largest absolute Gasteiger partial charge is 0.459 e. The molecule has 1 N–H and O–H groups in total. The Labute approximate surface area is 161 Å². The van der Waals surface area contributed by atoms with E-state index in [2.05, 4.69) is 5.32 Å². The molecule has 0 aromatic heterocycles.